The first-order chi connectivity index (χ1) is 15.0. The summed E-state index contributed by atoms with van der Waals surface area (Å²) in [6.07, 6.45) is 3.68. The minimum atomic E-state index is -3.73. The highest BCUT2D eigenvalue weighted by Gasteiger charge is 2.35. The van der Waals surface area contributed by atoms with E-state index in [0.717, 1.165) is 50.9 Å². The molecular weight excluding hydrogens is 410 g/mol. The smallest absolute Gasteiger partial charge is 0.264 e. The Bertz CT molecular complexity index is 926. The fourth-order valence-corrected chi connectivity index (χ4v) is 5.90. The van der Waals surface area contributed by atoms with Crippen molar-refractivity contribution in [2.75, 3.05) is 37.1 Å². The molecule has 0 aliphatic carbocycles. The summed E-state index contributed by atoms with van der Waals surface area (Å²) in [5.74, 6) is 0.618. The summed E-state index contributed by atoms with van der Waals surface area (Å²) in [7, 11) is -3.73. The van der Waals surface area contributed by atoms with Crippen LogP contribution < -0.4 is 14.8 Å². The van der Waals surface area contributed by atoms with Crippen LogP contribution in [0.15, 0.2) is 53.4 Å². The third-order valence-corrected chi connectivity index (χ3v) is 7.65. The van der Waals surface area contributed by atoms with Crippen molar-refractivity contribution in [3.8, 4) is 5.75 Å². The van der Waals surface area contributed by atoms with Gasteiger partial charge >= 0.3 is 0 Å². The maximum Gasteiger partial charge on any atom is 0.264 e. The van der Waals surface area contributed by atoms with E-state index in [4.69, 9.17) is 10.5 Å². The Morgan fingerprint density at radius 1 is 1.10 bits per heavy atom. The van der Waals surface area contributed by atoms with E-state index < -0.39 is 10.0 Å². The molecule has 3 rings (SSSR count). The zero-order valence-corrected chi connectivity index (χ0v) is 19.5. The quantitative estimate of drug-likeness (QED) is 0.563. The largest absolute Gasteiger partial charge is 0.492 e. The minimum Gasteiger partial charge on any atom is -0.492 e. The lowest BCUT2D eigenvalue weighted by molar-refractivity contribution is 0.211. The molecule has 2 aromatic carbocycles. The van der Waals surface area contributed by atoms with Crippen molar-refractivity contribution in [2.45, 2.75) is 50.5 Å². The number of benzene rings is 2. The van der Waals surface area contributed by atoms with Gasteiger partial charge in [-0.05, 0) is 82.4 Å². The van der Waals surface area contributed by atoms with Crippen molar-refractivity contribution >= 4 is 15.7 Å². The van der Waals surface area contributed by atoms with Crippen LogP contribution in [0, 0.1) is 6.92 Å². The molecule has 31 heavy (non-hydrogen) atoms. The van der Waals surface area contributed by atoms with Gasteiger partial charge in [-0.2, -0.15) is 0 Å². The second-order valence-electron chi connectivity index (χ2n) is 8.09. The maximum atomic E-state index is 13.8. The van der Waals surface area contributed by atoms with Crippen molar-refractivity contribution < 1.29 is 13.2 Å². The van der Waals surface area contributed by atoms with Gasteiger partial charge in [0.2, 0.25) is 0 Å². The fourth-order valence-electron chi connectivity index (χ4n) is 4.16. The number of likely N-dealkylation sites (tertiary alicyclic amines) is 1. The molecule has 0 atom stereocenters. The molecule has 1 aliphatic heterocycles. The van der Waals surface area contributed by atoms with Crippen molar-refractivity contribution in [1.82, 2.24) is 4.90 Å². The van der Waals surface area contributed by atoms with E-state index in [9.17, 15) is 8.42 Å². The van der Waals surface area contributed by atoms with E-state index in [1.165, 1.54) is 0 Å². The first kappa shape index (κ1) is 23.6. The summed E-state index contributed by atoms with van der Waals surface area (Å²) in [4.78, 5) is 2.72. The zero-order chi connectivity index (χ0) is 22.3. The normalized spacial score (nSPS) is 15.7. The Hall–Kier alpha value is -2.09. The molecule has 0 radical (unpaired) electrons. The van der Waals surface area contributed by atoms with Crippen LogP contribution in [0.3, 0.4) is 0 Å². The van der Waals surface area contributed by atoms with E-state index in [0.29, 0.717) is 29.5 Å². The Kier molecular flexibility index (Phi) is 8.35. The number of anilines is 1. The van der Waals surface area contributed by atoms with Gasteiger partial charge in [-0.1, -0.05) is 24.3 Å². The fraction of sp³-hybridized carbons (Fsp3) is 0.500. The van der Waals surface area contributed by atoms with Crippen LogP contribution in [0.25, 0.3) is 0 Å². The molecule has 2 N–H and O–H groups in total. The van der Waals surface area contributed by atoms with Crippen LogP contribution in [-0.2, 0) is 10.0 Å². The summed E-state index contributed by atoms with van der Waals surface area (Å²) < 4.78 is 35.1. The summed E-state index contributed by atoms with van der Waals surface area (Å²) >= 11 is 0. The average Bonchev–Trinajstić information content (AvgIpc) is 2.77. The molecule has 7 heteroatoms. The van der Waals surface area contributed by atoms with E-state index in [1.807, 2.05) is 38.1 Å². The number of piperidine rings is 1. The summed E-state index contributed by atoms with van der Waals surface area (Å²) in [6, 6.07) is 14.3. The van der Waals surface area contributed by atoms with Gasteiger partial charge in [-0.15, -0.1) is 0 Å². The van der Waals surface area contributed by atoms with E-state index >= 15 is 0 Å². The number of aryl methyl sites for hydroxylation is 1. The van der Waals surface area contributed by atoms with E-state index in [2.05, 4.69) is 4.90 Å². The summed E-state index contributed by atoms with van der Waals surface area (Å²) in [5, 5.41) is 0. The highest BCUT2D eigenvalue weighted by Crippen LogP contribution is 2.37. The number of nitrogens with two attached hydrogens (primary N) is 1. The molecule has 1 saturated heterocycles. The van der Waals surface area contributed by atoms with Gasteiger partial charge in [0.15, 0.2) is 0 Å². The standard InChI is InChI=1S/C24H35N3O3S/c1-3-30-24-19-20(2)11-12-23(24)27(31(28,29)22-9-5-4-6-10-22)21-13-17-26(18-14-21)16-8-7-15-25/h4-6,9-12,19,21H,3,7-8,13-18,25H2,1-2H3. The lowest BCUT2D eigenvalue weighted by Crippen LogP contribution is -2.48. The maximum absolute atomic E-state index is 13.8. The van der Waals surface area contributed by atoms with E-state index in [-0.39, 0.29) is 6.04 Å². The number of hydrogen-bond acceptors (Lipinski definition) is 5. The Balaban J connectivity index is 1.94. The lowest BCUT2D eigenvalue weighted by atomic mass is 10.0. The number of ether oxygens (including phenoxy) is 1. The molecular formula is C24H35N3O3S. The van der Waals surface area contributed by atoms with Crippen LogP contribution in [0.1, 0.15) is 38.2 Å². The average molecular weight is 446 g/mol. The Morgan fingerprint density at radius 2 is 1.81 bits per heavy atom. The molecule has 1 aliphatic rings. The predicted octanol–water partition coefficient (Wildman–Crippen LogP) is 3.79. The summed E-state index contributed by atoms with van der Waals surface area (Å²) in [5.41, 5.74) is 7.28. The van der Waals surface area contributed by atoms with Gasteiger partial charge in [0, 0.05) is 19.1 Å². The number of nitrogens with zero attached hydrogens (tertiary/aromatic N) is 2. The first-order valence-corrected chi connectivity index (χ1v) is 12.7. The number of hydrogen-bond donors (Lipinski definition) is 1. The second kappa shape index (κ2) is 11.0. The second-order valence-corrected chi connectivity index (χ2v) is 9.90. The molecule has 2 aromatic rings. The molecule has 1 fully saturated rings. The van der Waals surface area contributed by atoms with Gasteiger partial charge in [-0.3, -0.25) is 4.31 Å². The molecule has 0 bridgehead atoms. The SMILES string of the molecule is CCOc1cc(C)ccc1N(C1CCN(CCCCN)CC1)S(=O)(=O)c1ccccc1. The van der Waals surface area contributed by atoms with Crippen molar-refractivity contribution in [3.05, 3.63) is 54.1 Å². The molecule has 0 aromatic heterocycles. The molecule has 0 unspecified atom stereocenters. The topological polar surface area (TPSA) is 75.9 Å². The summed E-state index contributed by atoms with van der Waals surface area (Å²) in [6.45, 7) is 7.88. The van der Waals surface area contributed by atoms with Gasteiger partial charge in [0.1, 0.15) is 5.75 Å². The van der Waals surface area contributed by atoms with Gasteiger partial charge in [0.25, 0.3) is 10.0 Å². The molecule has 1 heterocycles. The number of sulfonamides is 1. The minimum absolute atomic E-state index is 0.113. The molecule has 0 saturated carbocycles. The predicted molar refractivity (Wildman–Crippen MR) is 126 cm³/mol. The van der Waals surface area contributed by atoms with Gasteiger partial charge < -0.3 is 15.4 Å². The van der Waals surface area contributed by atoms with E-state index in [1.54, 1.807) is 28.6 Å². The third-order valence-electron chi connectivity index (χ3n) is 5.77. The van der Waals surface area contributed by atoms with Crippen molar-refractivity contribution in [2.24, 2.45) is 5.73 Å². The monoisotopic (exact) mass is 445 g/mol. The highest BCUT2D eigenvalue weighted by atomic mass is 32.2. The van der Waals surface area contributed by atoms with Crippen LogP contribution in [0.2, 0.25) is 0 Å². The number of unbranched alkanes of at least 4 members (excludes halogenated alkanes) is 1. The van der Waals surface area contributed by atoms with Crippen LogP contribution >= 0.6 is 0 Å². The molecule has 170 valence electrons. The van der Waals surface area contributed by atoms with Crippen LogP contribution in [0.5, 0.6) is 5.75 Å². The van der Waals surface area contributed by atoms with Crippen molar-refractivity contribution in [3.63, 3.8) is 0 Å². The molecule has 6 nitrogen and oxygen atoms in total. The van der Waals surface area contributed by atoms with Crippen LogP contribution in [-0.4, -0.2) is 52.1 Å². The highest BCUT2D eigenvalue weighted by molar-refractivity contribution is 7.92. The third kappa shape index (κ3) is 5.79. The Labute approximate surface area is 187 Å². The van der Waals surface area contributed by atoms with Crippen LogP contribution in [0.4, 0.5) is 5.69 Å². The zero-order valence-electron chi connectivity index (χ0n) is 18.7. The van der Waals surface area contributed by atoms with Gasteiger partial charge in [-0.25, -0.2) is 8.42 Å². The first-order valence-electron chi connectivity index (χ1n) is 11.2. The lowest BCUT2D eigenvalue weighted by Gasteiger charge is -2.39. The molecule has 0 amide bonds. The molecule has 0 spiro atoms. The number of rotatable bonds is 10. The van der Waals surface area contributed by atoms with Crippen molar-refractivity contribution in [1.29, 1.82) is 0 Å². The Morgan fingerprint density at radius 3 is 2.45 bits per heavy atom. The van der Waals surface area contributed by atoms with Gasteiger partial charge in [0.05, 0.1) is 17.2 Å².